The van der Waals surface area contributed by atoms with Crippen LogP contribution in [0, 0.1) is 12.8 Å². The largest absolute Gasteiger partial charge is 0.478 e. The molecule has 0 radical (unpaired) electrons. The molecule has 18 heavy (non-hydrogen) atoms. The van der Waals surface area contributed by atoms with Crippen molar-refractivity contribution in [3.05, 3.63) is 11.8 Å². The van der Waals surface area contributed by atoms with Gasteiger partial charge < -0.3 is 10.1 Å². The Bertz CT molecular complexity index is 371. The number of nitrogens with one attached hydrogen (secondary N) is 1. The molecule has 1 N–H and O–H groups in total. The van der Waals surface area contributed by atoms with Gasteiger partial charge in [0, 0.05) is 23.7 Å². The molecule has 0 aliphatic carbocycles. The molecule has 1 heterocycles. The van der Waals surface area contributed by atoms with Crippen LogP contribution in [0.15, 0.2) is 6.07 Å². The molecule has 0 amide bonds. The lowest BCUT2D eigenvalue weighted by Crippen LogP contribution is -2.28. The van der Waals surface area contributed by atoms with E-state index in [-0.39, 0.29) is 6.04 Å². The second kappa shape index (κ2) is 7.41. The van der Waals surface area contributed by atoms with Gasteiger partial charge in [-0.1, -0.05) is 20.8 Å². The maximum atomic E-state index is 5.93. The quantitative estimate of drug-likeness (QED) is 0.774. The SMILES string of the molecule is CCCOc1cc(C)nc(NC(CCl)C(C)C)n1. The third kappa shape index (κ3) is 4.69. The Balaban J connectivity index is 2.78. The highest BCUT2D eigenvalue weighted by molar-refractivity contribution is 6.18. The Labute approximate surface area is 114 Å². The molecule has 0 saturated carbocycles. The van der Waals surface area contributed by atoms with E-state index in [0.29, 0.717) is 30.2 Å². The number of nitrogens with zero attached hydrogens (tertiary/aromatic N) is 2. The number of anilines is 1. The van der Waals surface area contributed by atoms with Crippen LogP contribution in [0.3, 0.4) is 0 Å². The van der Waals surface area contributed by atoms with E-state index in [1.807, 2.05) is 13.0 Å². The fraction of sp³-hybridized carbons (Fsp3) is 0.692. The molecular formula is C13H22ClN3O. The third-order valence-corrected chi connectivity index (χ3v) is 2.90. The zero-order valence-electron chi connectivity index (χ0n) is 11.5. The summed E-state index contributed by atoms with van der Waals surface area (Å²) >= 11 is 5.93. The van der Waals surface area contributed by atoms with E-state index in [1.54, 1.807) is 0 Å². The number of hydrogen-bond donors (Lipinski definition) is 1. The Hall–Kier alpha value is -1.03. The van der Waals surface area contributed by atoms with Crippen LogP contribution in [0.4, 0.5) is 5.95 Å². The Morgan fingerprint density at radius 2 is 2.11 bits per heavy atom. The monoisotopic (exact) mass is 271 g/mol. The summed E-state index contributed by atoms with van der Waals surface area (Å²) in [6, 6.07) is 2.00. The number of alkyl halides is 1. The zero-order chi connectivity index (χ0) is 13.5. The standard InChI is InChI=1S/C13H22ClN3O/c1-5-6-18-12-7-10(4)15-13(17-12)16-11(8-14)9(2)3/h7,9,11H,5-6,8H2,1-4H3,(H,15,16,17). The molecule has 5 heteroatoms. The number of rotatable bonds is 7. The molecule has 0 aromatic carbocycles. The van der Waals surface area contributed by atoms with Crippen LogP contribution in [0.1, 0.15) is 32.9 Å². The first-order valence-corrected chi connectivity index (χ1v) is 6.91. The van der Waals surface area contributed by atoms with Gasteiger partial charge in [0.05, 0.1) is 6.61 Å². The van der Waals surface area contributed by atoms with Crippen molar-refractivity contribution in [2.45, 2.75) is 40.2 Å². The highest BCUT2D eigenvalue weighted by Gasteiger charge is 2.14. The van der Waals surface area contributed by atoms with Crippen molar-refractivity contribution in [2.75, 3.05) is 17.8 Å². The van der Waals surface area contributed by atoms with Crippen molar-refractivity contribution in [1.29, 1.82) is 0 Å². The van der Waals surface area contributed by atoms with Gasteiger partial charge in [-0.2, -0.15) is 4.98 Å². The highest BCUT2D eigenvalue weighted by Crippen LogP contribution is 2.15. The van der Waals surface area contributed by atoms with Crippen molar-refractivity contribution in [3.63, 3.8) is 0 Å². The molecule has 0 fully saturated rings. The highest BCUT2D eigenvalue weighted by atomic mass is 35.5. The fourth-order valence-electron chi connectivity index (χ4n) is 1.43. The minimum atomic E-state index is 0.160. The topological polar surface area (TPSA) is 47.0 Å². The zero-order valence-corrected chi connectivity index (χ0v) is 12.3. The van der Waals surface area contributed by atoms with Gasteiger partial charge >= 0.3 is 0 Å². The summed E-state index contributed by atoms with van der Waals surface area (Å²) in [5.74, 6) is 2.15. The molecule has 1 aromatic heterocycles. The van der Waals surface area contributed by atoms with Crippen LogP contribution >= 0.6 is 11.6 Å². The molecule has 1 atom stereocenters. The molecule has 1 unspecified atom stereocenters. The summed E-state index contributed by atoms with van der Waals surface area (Å²) < 4.78 is 5.53. The van der Waals surface area contributed by atoms with E-state index in [1.165, 1.54) is 0 Å². The van der Waals surface area contributed by atoms with Gasteiger partial charge in [0.25, 0.3) is 0 Å². The molecular weight excluding hydrogens is 250 g/mol. The van der Waals surface area contributed by atoms with Gasteiger partial charge in [-0.15, -0.1) is 11.6 Å². The first-order chi connectivity index (χ1) is 8.56. The fourth-order valence-corrected chi connectivity index (χ4v) is 1.87. The van der Waals surface area contributed by atoms with Crippen LogP contribution in [0.25, 0.3) is 0 Å². The van der Waals surface area contributed by atoms with Crippen LogP contribution in [0.2, 0.25) is 0 Å². The second-order valence-electron chi connectivity index (χ2n) is 4.67. The molecule has 1 aromatic rings. The van der Waals surface area contributed by atoms with Crippen molar-refractivity contribution >= 4 is 17.5 Å². The summed E-state index contributed by atoms with van der Waals surface area (Å²) in [5.41, 5.74) is 0.885. The van der Waals surface area contributed by atoms with Gasteiger partial charge in [-0.3, -0.25) is 0 Å². The summed E-state index contributed by atoms with van der Waals surface area (Å²) in [5, 5.41) is 3.25. The number of hydrogen-bond acceptors (Lipinski definition) is 4. The molecule has 102 valence electrons. The second-order valence-corrected chi connectivity index (χ2v) is 4.98. The lowest BCUT2D eigenvalue weighted by Gasteiger charge is -2.20. The molecule has 4 nitrogen and oxygen atoms in total. The maximum Gasteiger partial charge on any atom is 0.226 e. The maximum absolute atomic E-state index is 5.93. The summed E-state index contributed by atoms with van der Waals surface area (Å²) in [7, 11) is 0. The first kappa shape index (κ1) is 15.0. The van der Waals surface area contributed by atoms with Gasteiger partial charge in [0.1, 0.15) is 0 Å². The van der Waals surface area contributed by atoms with Gasteiger partial charge in [-0.25, -0.2) is 4.98 Å². The Morgan fingerprint density at radius 1 is 1.39 bits per heavy atom. The Kier molecular flexibility index (Phi) is 6.19. The van der Waals surface area contributed by atoms with Crippen LogP contribution < -0.4 is 10.1 Å². The normalized spacial score (nSPS) is 12.6. The van der Waals surface area contributed by atoms with Crippen molar-refractivity contribution < 1.29 is 4.74 Å². The minimum Gasteiger partial charge on any atom is -0.478 e. The molecule has 0 saturated heterocycles. The van der Waals surface area contributed by atoms with Crippen molar-refractivity contribution in [3.8, 4) is 5.88 Å². The van der Waals surface area contributed by atoms with Crippen molar-refractivity contribution in [2.24, 2.45) is 5.92 Å². The average Bonchev–Trinajstić information content (AvgIpc) is 2.32. The number of halogens is 1. The van der Waals surface area contributed by atoms with Crippen LogP contribution in [-0.2, 0) is 0 Å². The van der Waals surface area contributed by atoms with E-state index >= 15 is 0 Å². The predicted octanol–water partition coefficient (Wildman–Crippen LogP) is 3.25. The van der Waals surface area contributed by atoms with Gasteiger partial charge in [0.15, 0.2) is 0 Å². The van der Waals surface area contributed by atoms with Gasteiger partial charge in [-0.05, 0) is 19.3 Å². The first-order valence-electron chi connectivity index (χ1n) is 6.37. The van der Waals surface area contributed by atoms with E-state index in [2.05, 4.69) is 36.1 Å². The summed E-state index contributed by atoms with van der Waals surface area (Å²) in [4.78, 5) is 8.69. The molecule has 0 spiro atoms. The predicted molar refractivity (Wildman–Crippen MR) is 75.5 cm³/mol. The Morgan fingerprint density at radius 3 is 2.67 bits per heavy atom. The molecule has 0 bridgehead atoms. The van der Waals surface area contributed by atoms with Crippen LogP contribution in [-0.4, -0.2) is 28.5 Å². The smallest absolute Gasteiger partial charge is 0.226 e. The van der Waals surface area contributed by atoms with E-state index in [4.69, 9.17) is 16.3 Å². The lowest BCUT2D eigenvalue weighted by atomic mass is 10.1. The number of aromatic nitrogens is 2. The van der Waals surface area contributed by atoms with E-state index in [0.717, 1.165) is 12.1 Å². The van der Waals surface area contributed by atoms with Crippen molar-refractivity contribution in [1.82, 2.24) is 9.97 Å². The summed E-state index contributed by atoms with van der Waals surface area (Å²) in [6.07, 6.45) is 0.960. The van der Waals surface area contributed by atoms with Crippen LogP contribution in [0.5, 0.6) is 5.88 Å². The third-order valence-electron chi connectivity index (χ3n) is 2.57. The number of ether oxygens (including phenoxy) is 1. The average molecular weight is 272 g/mol. The molecule has 0 aliphatic heterocycles. The molecule has 1 rings (SSSR count). The summed E-state index contributed by atoms with van der Waals surface area (Å²) in [6.45, 7) is 8.89. The van der Waals surface area contributed by atoms with E-state index in [9.17, 15) is 0 Å². The van der Waals surface area contributed by atoms with E-state index < -0.39 is 0 Å². The number of aryl methyl sites for hydroxylation is 1. The minimum absolute atomic E-state index is 0.160. The van der Waals surface area contributed by atoms with Gasteiger partial charge in [0.2, 0.25) is 11.8 Å². The lowest BCUT2D eigenvalue weighted by molar-refractivity contribution is 0.304. The molecule has 0 aliphatic rings.